The number of hydrogen-bond donors (Lipinski definition) is 2. The first kappa shape index (κ1) is 10.1. The van der Waals surface area contributed by atoms with Crippen molar-refractivity contribution in [3.05, 3.63) is 16.7 Å². The van der Waals surface area contributed by atoms with Gasteiger partial charge in [0.25, 0.3) is 5.56 Å². The molecule has 0 aromatic carbocycles. The SMILES string of the molecule is CC#CCNc1nc[nH]c(=O)c1OC. The quantitative estimate of drug-likeness (QED) is 0.673. The Labute approximate surface area is 81.5 Å². The lowest BCUT2D eigenvalue weighted by Gasteiger charge is -2.05. The van der Waals surface area contributed by atoms with Crippen molar-refractivity contribution in [3.63, 3.8) is 0 Å². The smallest absolute Gasteiger partial charge is 0.295 e. The van der Waals surface area contributed by atoms with E-state index in [1.54, 1.807) is 6.92 Å². The van der Waals surface area contributed by atoms with Gasteiger partial charge < -0.3 is 15.0 Å². The van der Waals surface area contributed by atoms with E-state index in [1.807, 2.05) is 0 Å². The lowest BCUT2D eigenvalue weighted by atomic mass is 10.5. The maximum absolute atomic E-state index is 11.2. The van der Waals surface area contributed by atoms with Gasteiger partial charge >= 0.3 is 0 Å². The number of anilines is 1. The van der Waals surface area contributed by atoms with Crippen LogP contribution in [0.5, 0.6) is 5.75 Å². The zero-order chi connectivity index (χ0) is 10.4. The molecule has 14 heavy (non-hydrogen) atoms. The molecule has 0 spiro atoms. The molecule has 1 rings (SSSR count). The van der Waals surface area contributed by atoms with Gasteiger partial charge in [-0.25, -0.2) is 4.98 Å². The molecule has 0 saturated carbocycles. The highest BCUT2D eigenvalue weighted by molar-refractivity contribution is 5.48. The maximum Gasteiger partial charge on any atom is 0.295 e. The third kappa shape index (κ3) is 2.26. The summed E-state index contributed by atoms with van der Waals surface area (Å²) in [5, 5.41) is 2.88. The third-order valence-corrected chi connectivity index (χ3v) is 1.54. The fourth-order valence-electron chi connectivity index (χ4n) is 0.919. The average Bonchev–Trinajstić information content (AvgIpc) is 2.18. The Hall–Kier alpha value is -1.96. The van der Waals surface area contributed by atoms with Crippen LogP contribution in [0.25, 0.3) is 0 Å². The molecular formula is C9H11N3O2. The van der Waals surface area contributed by atoms with Crippen LogP contribution in [0.3, 0.4) is 0 Å². The van der Waals surface area contributed by atoms with E-state index in [2.05, 4.69) is 27.1 Å². The Balaban J connectivity index is 2.88. The van der Waals surface area contributed by atoms with Crippen molar-refractivity contribution in [3.8, 4) is 17.6 Å². The summed E-state index contributed by atoms with van der Waals surface area (Å²) < 4.78 is 4.89. The fraction of sp³-hybridized carbons (Fsp3) is 0.333. The highest BCUT2D eigenvalue weighted by Crippen LogP contribution is 2.12. The largest absolute Gasteiger partial charge is 0.489 e. The fourth-order valence-corrected chi connectivity index (χ4v) is 0.919. The Morgan fingerprint density at radius 1 is 1.71 bits per heavy atom. The van der Waals surface area contributed by atoms with E-state index in [0.29, 0.717) is 12.4 Å². The van der Waals surface area contributed by atoms with Gasteiger partial charge in [0.15, 0.2) is 5.82 Å². The first-order chi connectivity index (χ1) is 6.79. The van der Waals surface area contributed by atoms with Crippen LogP contribution >= 0.6 is 0 Å². The van der Waals surface area contributed by atoms with Gasteiger partial charge in [0.1, 0.15) is 0 Å². The summed E-state index contributed by atoms with van der Waals surface area (Å²) in [4.78, 5) is 17.5. The second-order valence-electron chi connectivity index (χ2n) is 2.39. The minimum absolute atomic E-state index is 0.172. The van der Waals surface area contributed by atoms with E-state index in [4.69, 9.17) is 4.74 Å². The summed E-state index contributed by atoms with van der Waals surface area (Å²) >= 11 is 0. The lowest BCUT2D eigenvalue weighted by Crippen LogP contribution is -2.14. The summed E-state index contributed by atoms with van der Waals surface area (Å²) in [7, 11) is 1.42. The number of nitrogens with one attached hydrogen (secondary N) is 2. The molecule has 0 bridgehead atoms. The number of hydrogen-bond acceptors (Lipinski definition) is 4. The molecule has 0 aliphatic carbocycles. The van der Waals surface area contributed by atoms with Crippen molar-refractivity contribution >= 4 is 5.82 Å². The molecule has 5 heteroatoms. The monoisotopic (exact) mass is 193 g/mol. The highest BCUT2D eigenvalue weighted by Gasteiger charge is 2.06. The number of H-pyrrole nitrogens is 1. The molecule has 0 aliphatic heterocycles. The molecule has 2 N–H and O–H groups in total. The van der Waals surface area contributed by atoms with Crippen molar-refractivity contribution < 1.29 is 4.74 Å². The second-order valence-corrected chi connectivity index (χ2v) is 2.39. The van der Waals surface area contributed by atoms with Crippen molar-refractivity contribution in [1.82, 2.24) is 9.97 Å². The van der Waals surface area contributed by atoms with Crippen molar-refractivity contribution in [2.24, 2.45) is 0 Å². The van der Waals surface area contributed by atoms with Gasteiger partial charge in [-0.15, -0.1) is 5.92 Å². The van der Waals surface area contributed by atoms with Gasteiger partial charge in [0.05, 0.1) is 20.0 Å². The summed E-state index contributed by atoms with van der Waals surface area (Å²) in [6.07, 6.45) is 1.31. The van der Waals surface area contributed by atoms with E-state index in [-0.39, 0.29) is 11.3 Å². The topological polar surface area (TPSA) is 67.0 Å². The van der Waals surface area contributed by atoms with E-state index < -0.39 is 0 Å². The van der Waals surface area contributed by atoms with Crippen LogP contribution in [0.4, 0.5) is 5.82 Å². The average molecular weight is 193 g/mol. The van der Waals surface area contributed by atoms with Gasteiger partial charge in [-0.05, 0) is 6.92 Å². The van der Waals surface area contributed by atoms with E-state index in [9.17, 15) is 4.79 Å². The number of ether oxygens (including phenoxy) is 1. The lowest BCUT2D eigenvalue weighted by molar-refractivity contribution is 0.408. The second kappa shape index (κ2) is 4.92. The molecule has 74 valence electrons. The first-order valence-electron chi connectivity index (χ1n) is 4.04. The van der Waals surface area contributed by atoms with Gasteiger partial charge in [0.2, 0.25) is 5.75 Å². The molecule has 5 nitrogen and oxygen atoms in total. The van der Waals surface area contributed by atoms with E-state index in [0.717, 1.165) is 0 Å². The summed E-state index contributed by atoms with van der Waals surface area (Å²) in [5.41, 5.74) is -0.311. The predicted molar refractivity (Wildman–Crippen MR) is 53.3 cm³/mol. The van der Waals surface area contributed by atoms with E-state index >= 15 is 0 Å². The summed E-state index contributed by atoms with van der Waals surface area (Å²) in [6, 6.07) is 0. The molecule has 0 amide bonds. The number of aromatic nitrogens is 2. The predicted octanol–water partition coefficient (Wildman–Crippen LogP) is 0.214. The number of rotatable bonds is 3. The Kier molecular flexibility index (Phi) is 3.56. The minimum atomic E-state index is -0.311. The maximum atomic E-state index is 11.2. The first-order valence-corrected chi connectivity index (χ1v) is 4.04. The molecule has 0 unspecified atom stereocenters. The molecule has 1 aromatic heterocycles. The number of methoxy groups -OCH3 is 1. The van der Waals surface area contributed by atoms with Crippen molar-refractivity contribution in [1.29, 1.82) is 0 Å². The molecule has 1 heterocycles. The molecule has 0 aliphatic rings. The van der Waals surface area contributed by atoms with E-state index in [1.165, 1.54) is 13.4 Å². The van der Waals surface area contributed by atoms with Crippen LogP contribution in [0.15, 0.2) is 11.1 Å². The van der Waals surface area contributed by atoms with Crippen LogP contribution in [-0.2, 0) is 0 Å². The summed E-state index contributed by atoms with van der Waals surface area (Å²) in [6.45, 7) is 2.17. The third-order valence-electron chi connectivity index (χ3n) is 1.54. The van der Waals surface area contributed by atoms with Crippen molar-refractivity contribution in [2.45, 2.75) is 6.92 Å². The zero-order valence-electron chi connectivity index (χ0n) is 8.05. The standard InChI is InChI=1S/C9H11N3O2/c1-3-4-5-10-8-7(14-2)9(13)12-6-11-8/h6H,5H2,1-2H3,(H2,10,11,12,13). The molecule has 0 fully saturated rings. The van der Waals surface area contributed by atoms with Gasteiger partial charge in [-0.1, -0.05) is 5.92 Å². The Morgan fingerprint density at radius 2 is 2.50 bits per heavy atom. The van der Waals surface area contributed by atoms with Gasteiger partial charge in [0, 0.05) is 0 Å². The number of nitrogens with zero attached hydrogens (tertiary/aromatic N) is 1. The highest BCUT2D eigenvalue weighted by atomic mass is 16.5. The van der Waals surface area contributed by atoms with Gasteiger partial charge in [-0.3, -0.25) is 4.79 Å². The van der Waals surface area contributed by atoms with Crippen LogP contribution in [0, 0.1) is 11.8 Å². The Morgan fingerprint density at radius 3 is 3.14 bits per heavy atom. The molecular weight excluding hydrogens is 182 g/mol. The molecule has 1 aromatic rings. The van der Waals surface area contributed by atoms with Crippen molar-refractivity contribution in [2.75, 3.05) is 19.0 Å². The molecule has 0 radical (unpaired) electrons. The molecule has 0 saturated heterocycles. The van der Waals surface area contributed by atoms with Crippen LogP contribution < -0.4 is 15.6 Å². The zero-order valence-corrected chi connectivity index (χ0v) is 8.05. The number of aromatic amines is 1. The minimum Gasteiger partial charge on any atom is -0.489 e. The van der Waals surface area contributed by atoms with Gasteiger partial charge in [-0.2, -0.15) is 0 Å². The summed E-state index contributed by atoms with van der Waals surface area (Å²) in [5.74, 6) is 6.10. The Bertz CT molecular complexity index is 414. The normalized spacial score (nSPS) is 8.71. The van der Waals surface area contributed by atoms with Crippen LogP contribution in [0.1, 0.15) is 6.92 Å². The molecule has 0 atom stereocenters. The van der Waals surface area contributed by atoms with Crippen LogP contribution in [0.2, 0.25) is 0 Å². The van der Waals surface area contributed by atoms with Crippen LogP contribution in [-0.4, -0.2) is 23.6 Å².